The third kappa shape index (κ3) is 6.16. The van der Waals surface area contributed by atoms with Crippen molar-refractivity contribution in [3.8, 4) is 0 Å². The lowest BCUT2D eigenvalue weighted by atomic mass is 10.1. The van der Waals surface area contributed by atoms with Gasteiger partial charge in [-0.2, -0.15) is 0 Å². The average Bonchev–Trinajstić information content (AvgIpc) is 2.42. The molecule has 0 aliphatic rings. The van der Waals surface area contributed by atoms with Gasteiger partial charge in [-0.15, -0.1) is 0 Å². The van der Waals surface area contributed by atoms with E-state index in [4.69, 9.17) is 9.84 Å². The summed E-state index contributed by atoms with van der Waals surface area (Å²) in [5.74, 6) is -1.31. The Morgan fingerprint density at radius 3 is 2.55 bits per heavy atom. The minimum Gasteiger partial charge on any atom is -0.480 e. The predicted octanol–water partition coefficient (Wildman–Crippen LogP) is 1.99. The van der Waals surface area contributed by atoms with E-state index >= 15 is 0 Å². The highest BCUT2D eigenvalue weighted by Gasteiger charge is 2.19. The number of carbonyl (C=O) groups excluding carboxylic acids is 1. The van der Waals surface area contributed by atoms with Gasteiger partial charge in [-0.05, 0) is 24.1 Å². The summed E-state index contributed by atoms with van der Waals surface area (Å²) in [5.41, 5.74) is 1.03. The van der Waals surface area contributed by atoms with Gasteiger partial charge in [-0.3, -0.25) is 4.79 Å². The van der Waals surface area contributed by atoms with Crippen LogP contribution in [0.4, 0.5) is 0 Å². The van der Waals surface area contributed by atoms with Gasteiger partial charge in [0.1, 0.15) is 6.04 Å². The van der Waals surface area contributed by atoms with Crippen molar-refractivity contribution in [1.29, 1.82) is 0 Å². The van der Waals surface area contributed by atoms with Crippen LogP contribution in [0.2, 0.25) is 0 Å². The summed E-state index contributed by atoms with van der Waals surface area (Å²) < 4.78 is 5.81. The van der Waals surface area contributed by atoms with Crippen molar-refractivity contribution in [3.63, 3.8) is 0 Å². The summed E-state index contributed by atoms with van der Waals surface area (Å²) in [6, 6.07) is 6.78. The van der Waals surface area contributed by atoms with E-state index in [2.05, 4.69) is 21.2 Å². The van der Waals surface area contributed by atoms with Crippen LogP contribution in [-0.2, 0) is 20.7 Å². The van der Waals surface area contributed by atoms with Crippen LogP contribution < -0.4 is 5.32 Å². The molecule has 0 fully saturated rings. The molecular weight excluding hydrogens is 326 g/mol. The largest absolute Gasteiger partial charge is 0.480 e. The highest BCUT2D eigenvalue weighted by molar-refractivity contribution is 9.10. The maximum absolute atomic E-state index is 11.7. The molecule has 5 nitrogen and oxygen atoms in total. The molecule has 1 amide bonds. The number of hydrogen-bond donors (Lipinski definition) is 2. The van der Waals surface area contributed by atoms with Gasteiger partial charge in [0.25, 0.3) is 0 Å². The molecule has 1 aromatic carbocycles. The summed E-state index contributed by atoms with van der Waals surface area (Å²) >= 11 is 3.34. The Labute approximate surface area is 126 Å². The summed E-state index contributed by atoms with van der Waals surface area (Å²) in [5, 5.41) is 11.5. The lowest BCUT2D eigenvalue weighted by molar-refractivity contribution is -0.142. The third-order valence-electron chi connectivity index (χ3n) is 2.80. The zero-order valence-corrected chi connectivity index (χ0v) is 12.9. The third-order valence-corrected chi connectivity index (χ3v) is 3.33. The summed E-state index contributed by atoms with van der Waals surface area (Å²) in [6.45, 7) is 0.296. The molecule has 1 unspecified atom stereocenters. The highest BCUT2D eigenvalue weighted by Crippen LogP contribution is 2.11. The Morgan fingerprint density at radius 1 is 1.35 bits per heavy atom. The molecule has 0 saturated carbocycles. The zero-order valence-electron chi connectivity index (χ0n) is 11.3. The number of aliphatic carboxylic acids is 1. The lowest BCUT2D eigenvalue weighted by Gasteiger charge is -2.14. The SMILES string of the molecule is COCCC(NC(=O)CCc1ccc(Br)cc1)C(=O)O. The topological polar surface area (TPSA) is 75.6 Å². The van der Waals surface area contributed by atoms with Gasteiger partial charge < -0.3 is 15.2 Å². The van der Waals surface area contributed by atoms with Crippen LogP contribution in [0.15, 0.2) is 28.7 Å². The Balaban J connectivity index is 2.41. The van der Waals surface area contributed by atoms with Crippen molar-refractivity contribution in [2.75, 3.05) is 13.7 Å². The molecule has 1 rings (SSSR count). The molecule has 1 aromatic rings. The standard InChI is InChI=1S/C14H18BrNO4/c1-20-9-8-12(14(18)19)16-13(17)7-4-10-2-5-11(15)6-3-10/h2-3,5-6,12H,4,7-9H2,1H3,(H,16,17)(H,18,19). The number of methoxy groups -OCH3 is 1. The second kappa shape index (κ2) is 8.71. The molecule has 0 bridgehead atoms. The molecule has 0 aliphatic heterocycles. The minimum atomic E-state index is -1.04. The number of benzene rings is 1. The van der Waals surface area contributed by atoms with Crippen molar-refractivity contribution < 1.29 is 19.4 Å². The molecule has 2 N–H and O–H groups in total. The van der Waals surface area contributed by atoms with Crippen LogP contribution in [0, 0.1) is 0 Å². The van der Waals surface area contributed by atoms with Gasteiger partial charge >= 0.3 is 5.97 Å². The lowest BCUT2D eigenvalue weighted by Crippen LogP contribution is -2.41. The van der Waals surface area contributed by atoms with Gasteiger partial charge in [0, 0.05) is 31.0 Å². The Hall–Kier alpha value is -1.40. The van der Waals surface area contributed by atoms with Crippen LogP contribution in [0.25, 0.3) is 0 Å². The van der Waals surface area contributed by atoms with Crippen LogP contribution in [-0.4, -0.2) is 36.7 Å². The van der Waals surface area contributed by atoms with Crippen LogP contribution in [0.5, 0.6) is 0 Å². The molecule has 6 heteroatoms. The maximum Gasteiger partial charge on any atom is 0.326 e. The van der Waals surface area contributed by atoms with Gasteiger partial charge in [0.2, 0.25) is 5.91 Å². The monoisotopic (exact) mass is 343 g/mol. The summed E-state index contributed by atoms with van der Waals surface area (Å²) in [6.07, 6.45) is 1.10. The molecule has 20 heavy (non-hydrogen) atoms. The first kappa shape index (κ1) is 16.7. The molecule has 0 saturated heterocycles. The maximum atomic E-state index is 11.7. The van der Waals surface area contributed by atoms with Gasteiger partial charge in [-0.1, -0.05) is 28.1 Å². The number of nitrogens with one attached hydrogen (secondary N) is 1. The van der Waals surface area contributed by atoms with E-state index in [9.17, 15) is 9.59 Å². The number of carbonyl (C=O) groups is 2. The molecule has 0 aliphatic carbocycles. The zero-order chi connectivity index (χ0) is 15.0. The first-order chi connectivity index (χ1) is 9.52. The fourth-order valence-electron chi connectivity index (χ4n) is 1.67. The molecule has 1 atom stereocenters. The second-order valence-corrected chi connectivity index (χ2v) is 5.28. The molecule has 0 aromatic heterocycles. The number of ether oxygens (including phenoxy) is 1. The van der Waals surface area contributed by atoms with E-state index in [0.29, 0.717) is 13.0 Å². The fourth-order valence-corrected chi connectivity index (χ4v) is 1.93. The van der Waals surface area contributed by atoms with E-state index in [0.717, 1.165) is 10.0 Å². The van der Waals surface area contributed by atoms with Crippen molar-refractivity contribution in [1.82, 2.24) is 5.32 Å². The number of aryl methyl sites for hydroxylation is 1. The van der Waals surface area contributed by atoms with E-state index < -0.39 is 12.0 Å². The first-order valence-corrected chi connectivity index (χ1v) is 7.07. The van der Waals surface area contributed by atoms with Crippen LogP contribution >= 0.6 is 15.9 Å². The van der Waals surface area contributed by atoms with Crippen molar-refractivity contribution >= 4 is 27.8 Å². The van der Waals surface area contributed by atoms with E-state index in [1.165, 1.54) is 7.11 Å². The molecule has 110 valence electrons. The minimum absolute atomic E-state index is 0.260. The summed E-state index contributed by atoms with van der Waals surface area (Å²) in [7, 11) is 1.49. The number of hydrogen-bond acceptors (Lipinski definition) is 3. The van der Waals surface area contributed by atoms with Crippen LogP contribution in [0.3, 0.4) is 0 Å². The quantitative estimate of drug-likeness (QED) is 0.756. The van der Waals surface area contributed by atoms with Gasteiger partial charge in [0.05, 0.1) is 0 Å². The number of amides is 1. The van der Waals surface area contributed by atoms with Crippen molar-refractivity contribution in [2.24, 2.45) is 0 Å². The van der Waals surface area contributed by atoms with E-state index in [-0.39, 0.29) is 18.7 Å². The Morgan fingerprint density at radius 2 is 2.00 bits per heavy atom. The van der Waals surface area contributed by atoms with Gasteiger partial charge in [-0.25, -0.2) is 4.79 Å². The van der Waals surface area contributed by atoms with Crippen LogP contribution in [0.1, 0.15) is 18.4 Å². The molecule has 0 spiro atoms. The number of rotatable bonds is 8. The van der Waals surface area contributed by atoms with E-state index in [1.807, 2.05) is 24.3 Å². The number of carboxylic acids is 1. The normalized spacial score (nSPS) is 11.9. The van der Waals surface area contributed by atoms with Gasteiger partial charge in [0.15, 0.2) is 0 Å². The summed E-state index contributed by atoms with van der Waals surface area (Å²) in [4.78, 5) is 22.7. The molecule has 0 heterocycles. The highest BCUT2D eigenvalue weighted by atomic mass is 79.9. The van der Waals surface area contributed by atoms with Crippen molar-refractivity contribution in [3.05, 3.63) is 34.3 Å². The van der Waals surface area contributed by atoms with E-state index in [1.54, 1.807) is 0 Å². The average molecular weight is 344 g/mol. The molecule has 0 radical (unpaired) electrons. The smallest absolute Gasteiger partial charge is 0.326 e. The second-order valence-electron chi connectivity index (χ2n) is 4.37. The first-order valence-electron chi connectivity index (χ1n) is 6.28. The Kier molecular flexibility index (Phi) is 7.25. The number of halogens is 1. The molecular formula is C14H18BrNO4. The van der Waals surface area contributed by atoms with Crippen molar-refractivity contribution in [2.45, 2.75) is 25.3 Å². The fraction of sp³-hybridized carbons (Fsp3) is 0.429. The number of carboxylic acid groups (broad SMARTS) is 1. The Bertz CT molecular complexity index is 447. The predicted molar refractivity (Wildman–Crippen MR) is 78.5 cm³/mol.